The van der Waals surface area contributed by atoms with E-state index in [2.05, 4.69) is 5.32 Å². The molecule has 0 aliphatic carbocycles. The number of benzene rings is 1. The summed E-state index contributed by atoms with van der Waals surface area (Å²) in [6.07, 6.45) is 0.649. The number of nitrogens with one attached hydrogen (secondary N) is 1. The van der Waals surface area contributed by atoms with Crippen molar-refractivity contribution in [1.82, 2.24) is 0 Å². The number of hydrogen-bond donors (Lipinski definition) is 1. The minimum Gasteiger partial charge on any atom is -0.376 e. The molecule has 0 bridgehead atoms. The smallest absolute Gasteiger partial charge is 0.211 e. The first-order chi connectivity index (χ1) is 7.15. The van der Waals surface area contributed by atoms with Crippen LogP contribution in [0.3, 0.4) is 0 Å². The molecule has 0 saturated heterocycles. The summed E-state index contributed by atoms with van der Waals surface area (Å²) >= 11 is 5.82. The Morgan fingerprint density at radius 1 is 1.33 bits per heavy atom. The Morgan fingerprint density at radius 2 is 1.93 bits per heavy atom. The molecule has 0 aromatic heterocycles. The fourth-order valence-electron chi connectivity index (χ4n) is 1.06. The van der Waals surface area contributed by atoms with E-state index in [9.17, 15) is 4.79 Å². The molecule has 0 atom stereocenters. The van der Waals surface area contributed by atoms with Crippen LogP contribution in [0, 0.1) is 0 Å². The molecule has 1 rings (SSSR count). The fraction of sp³-hybridized carbons (Fsp3) is 0.364. The van der Waals surface area contributed by atoms with Crippen LogP contribution < -0.4 is 10.2 Å². The lowest BCUT2D eigenvalue weighted by Gasteiger charge is -2.16. The van der Waals surface area contributed by atoms with E-state index < -0.39 is 0 Å². The highest BCUT2D eigenvalue weighted by Gasteiger charge is 2.03. The molecule has 0 heterocycles. The average molecular weight is 229 g/mol. The number of hydrogen-bond acceptors (Lipinski definition) is 2. The first-order valence-corrected chi connectivity index (χ1v) is 5.20. The first kappa shape index (κ1) is 13.8. The predicted molar refractivity (Wildman–Crippen MR) is 66.8 cm³/mol. The Morgan fingerprint density at radius 3 is 2.40 bits per heavy atom. The maximum atomic E-state index is 10.3. The highest BCUT2D eigenvalue weighted by Crippen LogP contribution is 2.27. The molecule has 1 aromatic carbocycles. The Bertz CT molecular complexity index is 313. The molecule has 0 saturated carbocycles. The molecule has 0 radical (unpaired) electrons. The van der Waals surface area contributed by atoms with E-state index >= 15 is 0 Å². The van der Waals surface area contributed by atoms with Crippen LogP contribution >= 0.6 is 11.6 Å². The monoisotopic (exact) mass is 228 g/mol. The summed E-state index contributed by atoms with van der Waals surface area (Å²) in [6, 6.07) is 5.31. The lowest BCUT2D eigenvalue weighted by atomic mass is 10.2. The molecule has 3 nitrogen and oxygen atoms in total. The molecule has 1 aromatic rings. The lowest BCUT2D eigenvalue weighted by molar-refractivity contribution is -0.105. The summed E-state index contributed by atoms with van der Waals surface area (Å²) in [5.74, 6) is 0. The first-order valence-electron chi connectivity index (χ1n) is 4.82. The maximum Gasteiger partial charge on any atom is 0.211 e. The van der Waals surface area contributed by atoms with Gasteiger partial charge < -0.3 is 10.2 Å². The van der Waals surface area contributed by atoms with Crippen molar-refractivity contribution in [3.05, 3.63) is 23.2 Å². The van der Waals surface area contributed by atoms with E-state index in [1.54, 1.807) is 18.2 Å². The summed E-state index contributed by atoms with van der Waals surface area (Å²) in [7, 11) is 3.78. The molecule has 15 heavy (non-hydrogen) atoms. The van der Waals surface area contributed by atoms with Crippen LogP contribution in [0.25, 0.3) is 0 Å². The van der Waals surface area contributed by atoms with Gasteiger partial charge in [-0.05, 0) is 18.2 Å². The molecule has 0 fully saturated rings. The van der Waals surface area contributed by atoms with Gasteiger partial charge in [0.1, 0.15) is 0 Å². The zero-order chi connectivity index (χ0) is 11.8. The summed E-state index contributed by atoms with van der Waals surface area (Å²) in [4.78, 5) is 12.2. The zero-order valence-electron chi connectivity index (χ0n) is 9.54. The van der Waals surface area contributed by atoms with E-state index in [1.165, 1.54) is 0 Å². The van der Waals surface area contributed by atoms with Crippen molar-refractivity contribution in [2.45, 2.75) is 13.8 Å². The number of rotatable bonds is 3. The number of carbonyl (C=O) groups is 1. The Kier molecular flexibility index (Phi) is 6.54. The third-order valence-electron chi connectivity index (χ3n) is 1.66. The fourth-order valence-corrected chi connectivity index (χ4v) is 1.23. The van der Waals surface area contributed by atoms with E-state index in [1.807, 2.05) is 32.8 Å². The molecule has 0 aliphatic heterocycles. The largest absolute Gasteiger partial charge is 0.376 e. The highest BCUT2D eigenvalue weighted by molar-refractivity contribution is 6.31. The Labute approximate surface area is 96.0 Å². The zero-order valence-corrected chi connectivity index (χ0v) is 10.3. The number of carbonyl (C=O) groups excluding carboxylic acids is 1. The molecule has 4 heteroatoms. The highest BCUT2D eigenvalue weighted by atomic mass is 35.5. The number of amides is 1. The van der Waals surface area contributed by atoms with Gasteiger partial charge in [-0.15, -0.1) is 0 Å². The predicted octanol–water partition coefficient (Wildman–Crippen LogP) is 3.00. The van der Waals surface area contributed by atoms with Crippen molar-refractivity contribution in [2.75, 3.05) is 24.3 Å². The summed E-state index contributed by atoms with van der Waals surface area (Å²) in [6.45, 7) is 4.00. The van der Waals surface area contributed by atoms with Gasteiger partial charge in [0.15, 0.2) is 0 Å². The normalized spacial score (nSPS) is 8.60. The number of halogens is 1. The van der Waals surface area contributed by atoms with Crippen LogP contribution in [-0.4, -0.2) is 20.5 Å². The number of anilines is 2. The molecule has 0 unspecified atom stereocenters. The Hall–Kier alpha value is -1.22. The van der Waals surface area contributed by atoms with Crippen LogP contribution in [0.15, 0.2) is 18.2 Å². The second-order valence-corrected chi connectivity index (χ2v) is 3.25. The lowest BCUT2D eigenvalue weighted by Crippen LogP contribution is -2.11. The molecule has 84 valence electrons. The molecule has 1 N–H and O–H groups in total. The molecular weight excluding hydrogens is 212 g/mol. The van der Waals surface area contributed by atoms with Crippen molar-refractivity contribution >= 4 is 29.4 Å². The summed E-state index contributed by atoms with van der Waals surface area (Å²) in [5.41, 5.74) is 1.64. The molecular formula is C11H17ClN2O. The van der Waals surface area contributed by atoms with E-state index in [0.717, 1.165) is 11.4 Å². The molecule has 0 spiro atoms. The van der Waals surface area contributed by atoms with Gasteiger partial charge in [0.05, 0.1) is 11.4 Å². The SMILES string of the molecule is CC.CN(C)c1cc(Cl)ccc1NC=O. The van der Waals surface area contributed by atoms with Gasteiger partial charge in [0.2, 0.25) is 6.41 Å². The van der Waals surface area contributed by atoms with Crippen molar-refractivity contribution < 1.29 is 4.79 Å². The van der Waals surface area contributed by atoms with Gasteiger partial charge in [-0.2, -0.15) is 0 Å². The average Bonchev–Trinajstić information content (AvgIpc) is 2.24. The van der Waals surface area contributed by atoms with Crippen molar-refractivity contribution in [3.8, 4) is 0 Å². The topological polar surface area (TPSA) is 32.3 Å². The van der Waals surface area contributed by atoms with Crippen LogP contribution in [-0.2, 0) is 4.79 Å². The standard InChI is InChI=1S/C9H11ClN2O.C2H6/c1-12(2)9-5-7(10)3-4-8(9)11-6-13;1-2/h3-6H,1-2H3,(H,11,13);1-2H3. The van der Waals surface area contributed by atoms with Gasteiger partial charge in [-0.25, -0.2) is 0 Å². The van der Waals surface area contributed by atoms with Gasteiger partial charge in [-0.1, -0.05) is 25.4 Å². The van der Waals surface area contributed by atoms with Gasteiger partial charge in [0, 0.05) is 19.1 Å². The third kappa shape index (κ3) is 4.21. The van der Waals surface area contributed by atoms with Crippen molar-refractivity contribution in [1.29, 1.82) is 0 Å². The number of nitrogens with zero attached hydrogens (tertiary/aromatic N) is 1. The van der Waals surface area contributed by atoms with Crippen LogP contribution in [0.5, 0.6) is 0 Å². The summed E-state index contributed by atoms with van der Waals surface area (Å²) in [5, 5.41) is 3.26. The van der Waals surface area contributed by atoms with Crippen molar-refractivity contribution in [2.24, 2.45) is 0 Å². The van der Waals surface area contributed by atoms with E-state index in [-0.39, 0.29) is 0 Å². The van der Waals surface area contributed by atoms with Crippen LogP contribution in [0.1, 0.15) is 13.8 Å². The Balaban J connectivity index is 0.000000921. The van der Waals surface area contributed by atoms with Crippen molar-refractivity contribution in [3.63, 3.8) is 0 Å². The van der Waals surface area contributed by atoms with Gasteiger partial charge in [0.25, 0.3) is 0 Å². The van der Waals surface area contributed by atoms with Gasteiger partial charge >= 0.3 is 0 Å². The van der Waals surface area contributed by atoms with Crippen LogP contribution in [0.2, 0.25) is 5.02 Å². The third-order valence-corrected chi connectivity index (χ3v) is 1.89. The minimum atomic E-state index is 0.649. The van der Waals surface area contributed by atoms with E-state index in [0.29, 0.717) is 11.4 Å². The second kappa shape index (κ2) is 7.12. The van der Waals surface area contributed by atoms with Gasteiger partial charge in [-0.3, -0.25) is 4.79 Å². The summed E-state index contributed by atoms with van der Waals surface area (Å²) < 4.78 is 0. The second-order valence-electron chi connectivity index (χ2n) is 2.82. The quantitative estimate of drug-likeness (QED) is 0.807. The van der Waals surface area contributed by atoms with Crippen LogP contribution in [0.4, 0.5) is 11.4 Å². The molecule has 1 amide bonds. The van der Waals surface area contributed by atoms with E-state index in [4.69, 9.17) is 11.6 Å². The minimum absolute atomic E-state index is 0.649. The maximum absolute atomic E-state index is 10.3. The molecule has 0 aliphatic rings.